The molecule has 0 saturated carbocycles. The van der Waals surface area contributed by atoms with Gasteiger partial charge in [-0.25, -0.2) is 0 Å². The van der Waals surface area contributed by atoms with E-state index in [9.17, 15) is 9.59 Å². The van der Waals surface area contributed by atoms with E-state index in [1.165, 1.54) is 11.3 Å². The van der Waals surface area contributed by atoms with E-state index in [4.69, 9.17) is 4.74 Å². The molecule has 2 amide bonds. The quantitative estimate of drug-likeness (QED) is 0.764. The van der Waals surface area contributed by atoms with E-state index in [1.807, 2.05) is 60.6 Å². The molecule has 1 aliphatic rings. The summed E-state index contributed by atoms with van der Waals surface area (Å²) in [6.45, 7) is 4.21. The SMILES string of the molecule is Cc1ccccc1OCCN(C)C(=O)C1CCCN(C(=O)c2cccs2)C1. The van der Waals surface area contributed by atoms with Crippen LogP contribution in [0.4, 0.5) is 0 Å². The molecule has 0 bridgehead atoms. The summed E-state index contributed by atoms with van der Waals surface area (Å²) < 4.78 is 5.80. The highest BCUT2D eigenvalue weighted by molar-refractivity contribution is 7.12. The van der Waals surface area contributed by atoms with Crippen LogP contribution in [0.3, 0.4) is 0 Å². The summed E-state index contributed by atoms with van der Waals surface area (Å²) in [5.74, 6) is 0.843. The van der Waals surface area contributed by atoms with Crippen molar-refractivity contribution in [3.63, 3.8) is 0 Å². The van der Waals surface area contributed by atoms with E-state index in [2.05, 4.69) is 0 Å². The van der Waals surface area contributed by atoms with E-state index in [1.54, 1.807) is 4.90 Å². The normalized spacial score (nSPS) is 16.8. The summed E-state index contributed by atoms with van der Waals surface area (Å²) in [5, 5.41) is 1.90. The third-order valence-corrected chi connectivity index (χ3v) is 5.80. The highest BCUT2D eigenvalue weighted by Crippen LogP contribution is 2.22. The zero-order valence-electron chi connectivity index (χ0n) is 15.9. The highest BCUT2D eigenvalue weighted by atomic mass is 32.1. The Balaban J connectivity index is 1.50. The van der Waals surface area contributed by atoms with Crippen molar-refractivity contribution in [3.8, 4) is 5.75 Å². The number of hydrogen-bond donors (Lipinski definition) is 0. The minimum absolute atomic E-state index is 0.0352. The summed E-state index contributed by atoms with van der Waals surface area (Å²) in [5.41, 5.74) is 1.08. The molecule has 1 aromatic carbocycles. The molecule has 2 aromatic rings. The number of benzene rings is 1. The predicted octanol–water partition coefficient (Wildman–Crippen LogP) is 3.45. The summed E-state index contributed by atoms with van der Waals surface area (Å²) in [6.07, 6.45) is 1.69. The van der Waals surface area contributed by atoms with Crippen LogP contribution in [0.1, 0.15) is 28.1 Å². The molecule has 0 radical (unpaired) electrons. The van der Waals surface area contributed by atoms with Crippen LogP contribution in [0.25, 0.3) is 0 Å². The summed E-state index contributed by atoms with van der Waals surface area (Å²) in [6, 6.07) is 11.6. The zero-order valence-corrected chi connectivity index (χ0v) is 16.7. The van der Waals surface area contributed by atoms with Gasteiger partial charge in [-0.15, -0.1) is 11.3 Å². The molecular weight excluding hydrogens is 360 g/mol. The number of piperidine rings is 1. The molecule has 5 nitrogen and oxygen atoms in total. The van der Waals surface area contributed by atoms with E-state index in [-0.39, 0.29) is 17.7 Å². The number of nitrogens with zero attached hydrogens (tertiary/aromatic N) is 2. The molecule has 1 atom stereocenters. The molecule has 0 N–H and O–H groups in total. The topological polar surface area (TPSA) is 49.9 Å². The number of likely N-dealkylation sites (N-methyl/N-ethyl adjacent to an activating group) is 1. The molecule has 6 heteroatoms. The van der Waals surface area contributed by atoms with Crippen molar-refractivity contribution in [2.24, 2.45) is 5.92 Å². The second-order valence-electron chi connectivity index (χ2n) is 6.94. The van der Waals surface area contributed by atoms with Crippen molar-refractivity contribution in [2.75, 3.05) is 33.3 Å². The van der Waals surface area contributed by atoms with Crippen molar-refractivity contribution < 1.29 is 14.3 Å². The standard InChI is InChI=1S/C21H26N2O3S/c1-16-7-3-4-9-18(16)26-13-12-22(2)20(24)17-8-5-11-23(15-17)21(25)19-10-6-14-27-19/h3-4,6-7,9-10,14,17H,5,8,11-13,15H2,1-2H3. The maximum Gasteiger partial charge on any atom is 0.263 e. The average molecular weight is 387 g/mol. The zero-order chi connectivity index (χ0) is 19.2. The van der Waals surface area contributed by atoms with E-state index >= 15 is 0 Å². The number of para-hydroxylation sites is 1. The van der Waals surface area contributed by atoms with E-state index < -0.39 is 0 Å². The fourth-order valence-electron chi connectivity index (χ4n) is 3.35. The van der Waals surface area contributed by atoms with Crippen LogP contribution < -0.4 is 4.74 Å². The summed E-state index contributed by atoms with van der Waals surface area (Å²) >= 11 is 1.45. The van der Waals surface area contributed by atoms with E-state index in [0.29, 0.717) is 19.7 Å². The summed E-state index contributed by atoms with van der Waals surface area (Å²) in [4.78, 5) is 29.6. The molecular formula is C21H26N2O3S. The first-order valence-corrected chi connectivity index (χ1v) is 10.2. The second kappa shape index (κ2) is 9.04. The lowest BCUT2D eigenvalue weighted by atomic mass is 9.96. The molecule has 27 heavy (non-hydrogen) atoms. The van der Waals surface area contributed by atoms with Gasteiger partial charge in [-0.3, -0.25) is 9.59 Å². The maximum absolute atomic E-state index is 12.8. The van der Waals surface area contributed by atoms with Crippen LogP contribution in [0.5, 0.6) is 5.75 Å². The van der Waals surface area contributed by atoms with Gasteiger partial charge < -0.3 is 14.5 Å². The molecule has 2 heterocycles. The van der Waals surface area contributed by atoms with Gasteiger partial charge >= 0.3 is 0 Å². The lowest BCUT2D eigenvalue weighted by Gasteiger charge is -2.33. The lowest BCUT2D eigenvalue weighted by Crippen LogP contribution is -2.46. The molecule has 1 aromatic heterocycles. The molecule has 0 aliphatic carbocycles. The Morgan fingerprint density at radius 2 is 2.07 bits per heavy atom. The van der Waals surface area contributed by atoms with Gasteiger partial charge in [0.2, 0.25) is 5.91 Å². The van der Waals surface area contributed by atoms with Crippen molar-refractivity contribution in [3.05, 3.63) is 52.2 Å². The van der Waals surface area contributed by atoms with Crippen molar-refractivity contribution in [1.29, 1.82) is 0 Å². The van der Waals surface area contributed by atoms with Gasteiger partial charge in [0.05, 0.1) is 17.3 Å². The maximum atomic E-state index is 12.8. The van der Waals surface area contributed by atoms with Crippen LogP contribution in [-0.2, 0) is 4.79 Å². The smallest absolute Gasteiger partial charge is 0.263 e. The number of carbonyl (C=O) groups excluding carboxylic acids is 2. The minimum atomic E-state index is -0.133. The Morgan fingerprint density at radius 3 is 2.81 bits per heavy atom. The highest BCUT2D eigenvalue weighted by Gasteiger charge is 2.30. The van der Waals surface area contributed by atoms with Gasteiger partial charge in [0.25, 0.3) is 5.91 Å². The summed E-state index contributed by atoms with van der Waals surface area (Å²) in [7, 11) is 1.81. The molecule has 1 aliphatic heterocycles. The number of thiophene rings is 1. The number of ether oxygens (including phenoxy) is 1. The number of carbonyl (C=O) groups is 2. The fourth-order valence-corrected chi connectivity index (χ4v) is 4.04. The first-order valence-electron chi connectivity index (χ1n) is 9.32. The van der Waals surface area contributed by atoms with Crippen LogP contribution in [0, 0.1) is 12.8 Å². The monoisotopic (exact) mass is 386 g/mol. The molecule has 144 valence electrons. The predicted molar refractivity (Wildman–Crippen MR) is 107 cm³/mol. The Morgan fingerprint density at radius 1 is 1.26 bits per heavy atom. The first kappa shape index (κ1) is 19.4. The molecule has 1 unspecified atom stereocenters. The van der Waals surface area contributed by atoms with Crippen molar-refractivity contribution >= 4 is 23.2 Å². The average Bonchev–Trinajstić information content (AvgIpc) is 3.23. The number of likely N-dealkylation sites (tertiary alicyclic amines) is 1. The van der Waals surface area contributed by atoms with Gasteiger partial charge in [0.1, 0.15) is 12.4 Å². The number of amides is 2. The second-order valence-corrected chi connectivity index (χ2v) is 7.89. The molecule has 3 rings (SSSR count). The van der Waals surface area contributed by atoms with Gasteiger partial charge in [0, 0.05) is 20.1 Å². The third kappa shape index (κ3) is 4.89. The number of hydrogen-bond acceptors (Lipinski definition) is 4. The number of rotatable bonds is 6. The van der Waals surface area contributed by atoms with Crippen LogP contribution in [-0.4, -0.2) is 54.9 Å². The van der Waals surface area contributed by atoms with Gasteiger partial charge in [0.15, 0.2) is 0 Å². The fraction of sp³-hybridized carbons (Fsp3) is 0.429. The lowest BCUT2D eigenvalue weighted by molar-refractivity contribution is -0.135. The van der Waals surface area contributed by atoms with Crippen molar-refractivity contribution in [2.45, 2.75) is 19.8 Å². The third-order valence-electron chi connectivity index (χ3n) is 4.94. The molecule has 0 spiro atoms. The van der Waals surface area contributed by atoms with E-state index in [0.717, 1.165) is 35.6 Å². The Kier molecular flexibility index (Phi) is 6.50. The number of aryl methyl sites for hydroxylation is 1. The van der Waals surface area contributed by atoms with Crippen LogP contribution in [0.15, 0.2) is 41.8 Å². The molecule has 1 fully saturated rings. The Hall–Kier alpha value is -2.34. The van der Waals surface area contributed by atoms with Crippen LogP contribution in [0.2, 0.25) is 0 Å². The minimum Gasteiger partial charge on any atom is -0.491 e. The Labute approximate surface area is 164 Å². The van der Waals surface area contributed by atoms with Gasteiger partial charge in [-0.05, 0) is 42.8 Å². The largest absolute Gasteiger partial charge is 0.491 e. The first-order chi connectivity index (χ1) is 13.1. The Bertz CT molecular complexity index is 775. The van der Waals surface area contributed by atoms with Gasteiger partial charge in [-0.2, -0.15) is 0 Å². The van der Waals surface area contributed by atoms with Gasteiger partial charge in [-0.1, -0.05) is 24.3 Å². The molecule has 1 saturated heterocycles. The van der Waals surface area contributed by atoms with Crippen LogP contribution >= 0.6 is 11.3 Å². The van der Waals surface area contributed by atoms with Crippen molar-refractivity contribution in [1.82, 2.24) is 9.80 Å².